The number of rotatable bonds is 3. The summed E-state index contributed by atoms with van der Waals surface area (Å²) < 4.78 is 37.6. The van der Waals surface area contributed by atoms with Crippen molar-refractivity contribution in [3.8, 4) is 0 Å². The molecule has 2 rings (SSSR count). The van der Waals surface area contributed by atoms with E-state index in [2.05, 4.69) is 5.32 Å². The van der Waals surface area contributed by atoms with Crippen LogP contribution in [0.4, 0.5) is 4.39 Å². The fourth-order valence-electron chi connectivity index (χ4n) is 2.51. The van der Waals surface area contributed by atoms with Gasteiger partial charge in [-0.05, 0) is 50.6 Å². The van der Waals surface area contributed by atoms with E-state index in [-0.39, 0.29) is 16.2 Å². The van der Waals surface area contributed by atoms with Crippen LogP contribution in [0.3, 0.4) is 0 Å². The van der Waals surface area contributed by atoms with E-state index in [0.29, 0.717) is 12.8 Å². The monoisotopic (exact) mass is 271 g/mol. The van der Waals surface area contributed by atoms with Gasteiger partial charge in [0.2, 0.25) is 0 Å². The van der Waals surface area contributed by atoms with E-state index >= 15 is 0 Å². The predicted octanol–water partition coefficient (Wildman–Crippen LogP) is 2.13. The van der Waals surface area contributed by atoms with E-state index in [1.165, 1.54) is 24.3 Å². The van der Waals surface area contributed by atoms with Crippen molar-refractivity contribution >= 4 is 9.84 Å². The van der Waals surface area contributed by atoms with E-state index in [0.717, 1.165) is 12.8 Å². The molecule has 1 saturated carbocycles. The van der Waals surface area contributed by atoms with Crippen LogP contribution in [0.2, 0.25) is 0 Å². The van der Waals surface area contributed by atoms with Gasteiger partial charge in [0.15, 0.2) is 9.84 Å². The molecule has 3 nitrogen and oxygen atoms in total. The third kappa shape index (κ3) is 2.72. The van der Waals surface area contributed by atoms with Crippen LogP contribution in [0.25, 0.3) is 0 Å². The van der Waals surface area contributed by atoms with Crippen LogP contribution < -0.4 is 5.32 Å². The van der Waals surface area contributed by atoms with Crippen LogP contribution in [0.15, 0.2) is 29.2 Å². The zero-order valence-corrected chi connectivity index (χ0v) is 11.2. The highest BCUT2D eigenvalue weighted by Crippen LogP contribution is 2.28. The minimum atomic E-state index is -3.33. The summed E-state index contributed by atoms with van der Waals surface area (Å²) in [5.41, 5.74) is 0. The molecule has 1 aromatic rings. The van der Waals surface area contributed by atoms with Crippen LogP contribution >= 0.6 is 0 Å². The molecule has 0 amide bonds. The second kappa shape index (κ2) is 5.36. The molecule has 5 heteroatoms. The molecule has 0 spiro atoms. The van der Waals surface area contributed by atoms with Gasteiger partial charge in [0, 0.05) is 6.04 Å². The molecule has 0 bridgehead atoms. The molecule has 2 unspecified atom stereocenters. The minimum absolute atomic E-state index is 0.227. The second-order valence-corrected chi connectivity index (χ2v) is 7.00. The van der Waals surface area contributed by atoms with E-state index in [9.17, 15) is 12.8 Å². The van der Waals surface area contributed by atoms with Crippen molar-refractivity contribution < 1.29 is 12.8 Å². The molecule has 0 heterocycles. The Morgan fingerprint density at radius 3 is 2.50 bits per heavy atom. The molecule has 1 aliphatic rings. The highest BCUT2D eigenvalue weighted by molar-refractivity contribution is 7.92. The second-order valence-electron chi connectivity index (χ2n) is 4.77. The predicted molar refractivity (Wildman–Crippen MR) is 68.7 cm³/mol. The maximum atomic E-state index is 12.8. The Kier molecular flexibility index (Phi) is 4.02. The zero-order valence-electron chi connectivity index (χ0n) is 10.4. The first kappa shape index (κ1) is 13.5. The van der Waals surface area contributed by atoms with Gasteiger partial charge in [0.05, 0.1) is 10.1 Å². The van der Waals surface area contributed by atoms with Crippen LogP contribution in [0.5, 0.6) is 0 Å². The summed E-state index contributed by atoms with van der Waals surface area (Å²) in [6.45, 7) is 0. The standard InChI is InChI=1S/C13H18FNO2S/c1-15-11-3-2-4-13(9-11)18(16,17)12-7-5-10(14)6-8-12/h5-8,11,13,15H,2-4,9H2,1H3. The Hall–Kier alpha value is -0.940. The van der Waals surface area contributed by atoms with Gasteiger partial charge >= 0.3 is 0 Å². The van der Waals surface area contributed by atoms with Gasteiger partial charge in [0.25, 0.3) is 0 Å². The van der Waals surface area contributed by atoms with Crippen molar-refractivity contribution in [3.63, 3.8) is 0 Å². The average molecular weight is 271 g/mol. The lowest BCUT2D eigenvalue weighted by Gasteiger charge is -2.28. The number of sulfone groups is 1. The summed E-state index contributed by atoms with van der Waals surface area (Å²) in [7, 11) is -1.47. The third-order valence-electron chi connectivity index (χ3n) is 3.62. The largest absolute Gasteiger partial charge is 0.317 e. The number of hydrogen-bond donors (Lipinski definition) is 1. The zero-order chi connectivity index (χ0) is 13.2. The number of nitrogens with one attached hydrogen (secondary N) is 1. The molecular weight excluding hydrogens is 253 g/mol. The van der Waals surface area contributed by atoms with Crippen molar-refractivity contribution in [2.45, 2.75) is 41.9 Å². The Bertz CT molecular complexity index is 498. The van der Waals surface area contributed by atoms with Crippen molar-refractivity contribution in [1.82, 2.24) is 5.32 Å². The lowest BCUT2D eigenvalue weighted by molar-refractivity contribution is 0.390. The molecule has 100 valence electrons. The lowest BCUT2D eigenvalue weighted by Crippen LogP contribution is -2.37. The summed E-state index contributed by atoms with van der Waals surface area (Å²) in [6.07, 6.45) is 3.26. The number of hydrogen-bond acceptors (Lipinski definition) is 3. The molecule has 0 aliphatic heterocycles. The first-order valence-electron chi connectivity index (χ1n) is 6.21. The summed E-state index contributed by atoms with van der Waals surface area (Å²) in [5, 5.41) is 2.79. The molecule has 1 aliphatic carbocycles. The van der Waals surface area contributed by atoms with Crippen molar-refractivity contribution in [2.24, 2.45) is 0 Å². The first-order chi connectivity index (χ1) is 8.54. The fourth-order valence-corrected chi connectivity index (χ4v) is 4.37. The summed E-state index contributed by atoms with van der Waals surface area (Å²) >= 11 is 0. The van der Waals surface area contributed by atoms with Crippen LogP contribution in [0, 0.1) is 5.82 Å². The first-order valence-corrected chi connectivity index (χ1v) is 7.75. The Balaban J connectivity index is 2.22. The quantitative estimate of drug-likeness (QED) is 0.857. The molecule has 0 aromatic heterocycles. The molecule has 0 saturated heterocycles. The summed E-state index contributed by atoms with van der Waals surface area (Å²) in [6, 6.07) is 5.37. The SMILES string of the molecule is CNC1CCCC(S(=O)(=O)c2ccc(F)cc2)C1. The molecule has 1 aromatic carbocycles. The van der Waals surface area contributed by atoms with Crippen LogP contribution in [-0.4, -0.2) is 26.8 Å². The molecule has 1 fully saturated rings. The highest BCUT2D eigenvalue weighted by Gasteiger charge is 2.32. The lowest BCUT2D eigenvalue weighted by atomic mass is 9.95. The summed E-state index contributed by atoms with van der Waals surface area (Å²) in [4.78, 5) is 0.227. The van der Waals surface area contributed by atoms with E-state index in [1.54, 1.807) is 0 Å². The molecular formula is C13H18FNO2S. The van der Waals surface area contributed by atoms with Gasteiger partial charge in [-0.3, -0.25) is 0 Å². The fraction of sp³-hybridized carbons (Fsp3) is 0.538. The van der Waals surface area contributed by atoms with Crippen molar-refractivity contribution in [3.05, 3.63) is 30.1 Å². The average Bonchev–Trinajstić information content (AvgIpc) is 2.39. The minimum Gasteiger partial charge on any atom is -0.317 e. The van der Waals surface area contributed by atoms with Gasteiger partial charge in [-0.2, -0.15) is 0 Å². The Labute approximate surface area is 107 Å². The summed E-state index contributed by atoms with van der Waals surface area (Å²) in [5.74, 6) is -0.411. The Morgan fingerprint density at radius 2 is 1.89 bits per heavy atom. The smallest absolute Gasteiger partial charge is 0.181 e. The van der Waals surface area contributed by atoms with Gasteiger partial charge in [0.1, 0.15) is 5.82 Å². The molecule has 2 atom stereocenters. The number of benzene rings is 1. The van der Waals surface area contributed by atoms with Gasteiger partial charge < -0.3 is 5.32 Å². The van der Waals surface area contributed by atoms with Crippen LogP contribution in [-0.2, 0) is 9.84 Å². The highest BCUT2D eigenvalue weighted by atomic mass is 32.2. The number of halogens is 1. The topological polar surface area (TPSA) is 46.2 Å². The maximum absolute atomic E-state index is 12.8. The van der Waals surface area contributed by atoms with E-state index in [4.69, 9.17) is 0 Å². The van der Waals surface area contributed by atoms with Crippen molar-refractivity contribution in [1.29, 1.82) is 0 Å². The third-order valence-corrected chi connectivity index (χ3v) is 5.85. The van der Waals surface area contributed by atoms with Gasteiger partial charge in [-0.15, -0.1) is 0 Å². The molecule has 0 radical (unpaired) electrons. The van der Waals surface area contributed by atoms with Gasteiger partial charge in [-0.1, -0.05) is 6.42 Å². The maximum Gasteiger partial charge on any atom is 0.181 e. The molecule has 18 heavy (non-hydrogen) atoms. The van der Waals surface area contributed by atoms with E-state index in [1.807, 2.05) is 7.05 Å². The van der Waals surface area contributed by atoms with Gasteiger partial charge in [-0.25, -0.2) is 12.8 Å². The normalized spacial score (nSPS) is 25.0. The van der Waals surface area contributed by atoms with Crippen molar-refractivity contribution in [2.75, 3.05) is 7.05 Å². The molecule has 1 N–H and O–H groups in total. The van der Waals surface area contributed by atoms with E-state index < -0.39 is 15.7 Å². The Morgan fingerprint density at radius 1 is 1.22 bits per heavy atom. The van der Waals surface area contributed by atoms with Crippen LogP contribution in [0.1, 0.15) is 25.7 Å².